The van der Waals surface area contributed by atoms with Crippen LogP contribution in [0.25, 0.3) is 0 Å². The van der Waals surface area contributed by atoms with Crippen LogP contribution in [0.15, 0.2) is 36.8 Å². The summed E-state index contributed by atoms with van der Waals surface area (Å²) in [6.07, 6.45) is -1.61. The molecule has 55 heteroatoms. The van der Waals surface area contributed by atoms with Crippen molar-refractivity contribution < 1.29 is 111 Å². The molecular weight excluding hydrogens is 1870 g/mol. The van der Waals surface area contributed by atoms with E-state index in [1.54, 1.807) is 41.5 Å². The van der Waals surface area contributed by atoms with Gasteiger partial charge >= 0.3 is 11.9 Å². The smallest absolute Gasteiger partial charge is 0.327 e. The first-order valence-corrected chi connectivity index (χ1v) is 46.8. The lowest BCUT2D eigenvalue weighted by Crippen LogP contribution is -2.61. The molecule has 1 aromatic heterocycles. The van der Waals surface area contributed by atoms with Crippen LogP contribution < -0.4 is 130 Å². The number of aliphatic carboxylic acids is 2. The number of benzene rings is 1. The van der Waals surface area contributed by atoms with Crippen LogP contribution >= 0.6 is 25.3 Å². The lowest BCUT2D eigenvalue weighted by atomic mass is 9.98. The largest absolute Gasteiger partial charge is 0.508 e. The number of aromatic hydroxyl groups is 1. The molecule has 1 aliphatic heterocycles. The molecule has 2 aromatic rings. The number of hydrogen-bond donors (Lipinski definition) is 33. The van der Waals surface area contributed by atoms with E-state index in [1.807, 2.05) is 0 Å². The molecule has 0 radical (unpaired) electrons. The molecule has 3 rings (SSSR count). The van der Waals surface area contributed by atoms with Crippen molar-refractivity contribution in [1.29, 1.82) is 16.2 Å². The van der Waals surface area contributed by atoms with Crippen molar-refractivity contribution in [3.05, 3.63) is 48.0 Å². The number of nitrogens with one attached hydrogen (secondary N) is 22. The standard InChI is InChI=1S/C85H140N30O23S2/c1-40(2)30-54(110-79(134)65(42(5)6)113-73(128)51(16-12-28-98-85(93)94)104-68(123)48(86)37-139)75(130)105-52(22-24-61(87)117)69(124)99-36-63(119)102-58(31-41(3)4)81(136)115-29-13-17-60(115)78(133)107-50(15-11-27-97-84(91)92)70(125)106-53(23-25-64(120)121)72(127)108-55(32-45-18-20-47(116)21-19-45)77(132)114-66(43(7)8)80(135)111-57(34-62(88)118)74(129)101-44(9)67(122)103-49(14-10-26-96-83(89)90)71(126)109-56(33-46-35-95-39-100-46)76(131)112-59(38-140)82(137)138/h18-21,35,39-44,48-60,65-66,116,139-140H,10-17,22-34,36-38,86H2,1-9H3,(H2,87,117)(H2,88,118)(H,95,100)(H,99,124)(H,101,129)(H,102,119)(H,103,122)(H,104,123)(H,105,130)(H,106,125)(H,107,133)(H,108,127)(H,109,126)(H,110,134)(H,111,135)(H,112,131)(H,113,128)(H,114,132)(H,120,121)(H,137,138)(H4,89,90,96)(H4,91,92,97)(H4,93,94,98)/t44-,48-,49-,50-,51-,52-,53-,54-,55-,56-,57-,58-,59-,60-,65-,66-/m0/s1. The normalized spacial score (nSPS) is 15.4. The maximum Gasteiger partial charge on any atom is 0.327 e. The predicted octanol–water partition coefficient (Wildman–Crippen LogP) is -8.71. The molecule has 780 valence electrons. The van der Waals surface area contributed by atoms with E-state index >= 15 is 0 Å². The van der Waals surface area contributed by atoms with E-state index in [9.17, 15) is 111 Å². The number of nitrogens with zero attached hydrogens (tertiary/aromatic N) is 2. The van der Waals surface area contributed by atoms with Gasteiger partial charge in [-0.25, -0.2) is 9.78 Å². The van der Waals surface area contributed by atoms with E-state index < -0.39 is 284 Å². The van der Waals surface area contributed by atoms with Crippen LogP contribution in [0.5, 0.6) is 5.75 Å². The zero-order chi connectivity index (χ0) is 105. The first kappa shape index (κ1) is 120. The van der Waals surface area contributed by atoms with Gasteiger partial charge in [-0.15, -0.1) is 0 Å². The number of carboxylic acids is 2. The number of carboxylic acid groups (broad SMARTS) is 2. The quantitative estimate of drug-likeness (QED) is 0.0127. The summed E-state index contributed by atoms with van der Waals surface area (Å²) < 4.78 is 0. The van der Waals surface area contributed by atoms with Crippen molar-refractivity contribution in [2.75, 3.05) is 44.2 Å². The molecule has 2 heterocycles. The molecule has 1 saturated heterocycles. The minimum Gasteiger partial charge on any atom is -0.508 e. The second-order valence-electron chi connectivity index (χ2n) is 35.1. The first-order chi connectivity index (χ1) is 65.7. The Labute approximate surface area is 819 Å². The van der Waals surface area contributed by atoms with Crippen LogP contribution in [-0.4, -0.2) is 307 Å². The Bertz CT molecular complexity index is 4610. The molecule has 18 amide bonds. The molecule has 16 atom stereocenters. The molecule has 0 unspecified atom stereocenters. The Morgan fingerprint density at radius 2 is 0.864 bits per heavy atom. The highest BCUT2D eigenvalue weighted by atomic mass is 32.1. The fourth-order valence-electron chi connectivity index (χ4n) is 14.2. The number of carbonyl (C=O) groups is 20. The van der Waals surface area contributed by atoms with Crippen LogP contribution in [0.2, 0.25) is 0 Å². The van der Waals surface area contributed by atoms with Crippen LogP contribution in [0.3, 0.4) is 0 Å². The van der Waals surface area contributed by atoms with Gasteiger partial charge in [-0.3, -0.25) is 107 Å². The molecule has 1 aromatic carbocycles. The third-order valence-electron chi connectivity index (χ3n) is 21.6. The van der Waals surface area contributed by atoms with Gasteiger partial charge in [0.05, 0.1) is 25.3 Å². The monoisotopic (exact) mass is 2010 g/mol. The van der Waals surface area contributed by atoms with E-state index in [0.29, 0.717) is 5.69 Å². The highest BCUT2D eigenvalue weighted by molar-refractivity contribution is 7.80. The summed E-state index contributed by atoms with van der Waals surface area (Å²) in [4.78, 5) is 285. The average molecular weight is 2010 g/mol. The van der Waals surface area contributed by atoms with Crippen LogP contribution in [0, 0.1) is 39.9 Å². The Kier molecular flexibility index (Phi) is 52.8. The molecule has 37 N–H and O–H groups in total. The van der Waals surface area contributed by atoms with Gasteiger partial charge in [-0.2, -0.15) is 25.3 Å². The first-order valence-electron chi connectivity index (χ1n) is 45.6. The molecule has 1 fully saturated rings. The number of carbonyl (C=O) groups excluding carboxylic acids is 18. The number of rotatable bonds is 64. The molecule has 1 aliphatic rings. The van der Waals surface area contributed by atoms with Gasteiger partial charge in [0.25, 0.3) is 0 Å². The number of guanidine groups is 3. The van der Waals surface area contributed by atoms with Crippen molar-refractivity contribution in [2.45, 2.75) is 268 Å². The summed E-state index contributed by atoms with van der Waals surface area (Å²) in [6.45, 7) is 13.3. The van der Waals surface area contributed by atoms with Crippen molar-refractivity contribution in [3.8, 4) is 5.75 Å². The minimum atomic E-state index is -1.91. The Balaban J connectivity index is 1.94. The Hall–Kier alpha value is -13.9. The van der Waals surface area contributed by atoms with E-state index in [2.05, 4.69) is 131 Å². The second-order valence-corrected chi connectivity index (χ2v) is 35.8. The number of amides is 18. The molecule has 140 heavy (non-hydrogen) atoms. The van der Waals surface area contributed by atoms with Gasteiger partial charge in [0, 0.05) is 75.3 Å². The molecule has 0 spiro atoms. The summed E-state index contributed by atoms with van der Waals surface area (Å²) in [5.41, 5.74) is 33.9. The molecule has 0 saturated carbocycles. The number of phenolic OH excluding ortho intramolecular Hbond substituents is 1. The zero-order valence-corrected chi connectivity index (χ0v) is 81.5. The van der Waals surface area contributed by atoms with Crippen molar-refractivity contribution >= 4 is 161 Å². The summed E-state index contributed by atoms with van der Waals surface area (Å²) >= 11 is 8.04. The predicted molar refractivity (Wildman–Crippen MR) is 513 cm³/mol. The Morgan fingerprint density at radius 1 is 0.450 bits per heavy atom. The van der Waals surface area contributed by atoms with Crippen LogP contribution in [0.1, 0.15) is 170 Å². The summed E-state index contributed by atoms with van der Waals surface area (Å²) in [7, 11) is 0. The lowest BCUT2D eigenvalue weighted by molar-refractivity contribution is -0.142. The number of aromatic nitrogens is 2. The zero-order valence-electron chi connectivity index (χ0n) is 79.7. The Morgan fingerprint density at radius 3 is 1.32 bits per heavy atom. The number of hydrogen-bond acceptors (Lipinski definition) is 28. The summed E-state index contributed by atoms with van der Waals surface area (Å²) in [6, 6.07) is -19.2. The van der Waals surface area contributed by atoms with Gasteiger partial charge in [-0.1, -0.05) is 67.5 Å². The van der Waals surface area contributed by atoms with Gasteiger partial charge < -0.3 is 155 Å². The van der Waals surface area contributed by atoms with Gasteiger partial charge in [0.2, 0.25) is 106 Å². The fourth-order valence-corrected chi connectivity index (χ4v) is 14.6. The maximum atomic E-state index is 14.9. The lowest BCUT2D eigenvalue weighted by Gasteiger charge is -2.31. The molecular formula is C85H140N30O23S2. The molecule has 53 nitrogen and oxygen atoms in total. The van der Waals surface area contributed by atoms with Gasteiger partial charge in [0.1, 0.15) is 96.4 Å². The second kappa shape index (κ2) is 61.4. The third kappa shape index (κ3) is 44.7. The molecule has 0 aliphatic carbocycles. The maximum absolute atomic E-state index is 14.9. The van der Waals surface area contributed by atoms with Gasteiger partial charge in [-0.05, 0) is 125 Å². The fraction of sp³-hybridized carbons (Fsp3) is 0.624. The number of aromatic amines is 1. The third-order valence-corrected chi connectivity index (χ3v) is 22.4. The van der Waals surface area contributed by atoms with E-state index in [-0.39, 0.29) is 137 Å². The minimum absolute atomic E-state index is 0.00260. The van der Waals surface area contributed by atoms with Crippen LogP contribution in [0.4, 0.5) is 0 Å². The van der Waals surface area contributed by atoms with Crippen molar-refractivity contribution in [3.63, 3.8) is 0 Å². The van der Waals surface area contributed by atoms with E-state index in [4.69, 9.17) is 50.6 Å². The number of nitrogens with two attached hydrogens (primary N) is 6. The molecule has 0 bridgehead atoms. The average Bonchev–Trinajstić information content (AvgIpc) is 1.65. The number of thiol groups is 2. The number of imidazole rings is 1. The summed E-state index contributed by atoms with van der Waals surface area (Å²) in [5, 5.41) is 97.7. The SMILES string of the molecule is CC(C)C[C@H](NC(=O)[C@@H](NC(=O)[C@H](CCCNC(=N)N)NC(=O)[C@@H](N)CS)C(C)C)C(=O)N[C@@H](CCC(N)=O)C(=O)NCC(=O)N[C@@H](CC(C)C)C(=O)N1CCC[C@H]1C(=O)N[C@@H](CCCNC(=N)N)C(=O)N[C@@H](CCC(=O)O)C(=O)N[C@@H](Cc1ccc(O)cc1)C(=O)N[C@H](C(=O)N[C@@H](CC(N)=O)C(=O)N[C@@H](C)C(=O)N[C@@H](CCCNC(=N)N)C(=O)N[C@@H](Cc1cnc[nH]1)C(=O)N[C@@H](CS)C(=O)O)C(C)C. The van der Waals surface area contributed by atoms with E-state index in [0.717, 1.165) is 11.8 Å². The highest BCUT2D eigenvalue weighted by Gasteiger charge is 2.43. The van der Waals surface area contributed by atoms with Crippen molar-refractivity contribution in [2.24, 2.45) is 58.1 Å². The highest BCUT2D eigenvalue weighted by Crippen LogP contribution is 2.23. The summed E-state index contributed by atoms with van der Waals surface area (Å²) in [5.74, 6) is -24.8. The van der Waals surface area contributed by atoms with Gasteiger partial charge in [0.15, 0.2) is 17.9 Å². The number of H-pyrrole nitrogens is 1. The number of primary amides is 2. The van der Waals surface area contributed by atoms with E-state index in [1.165, 1.54) is 50.6 Å². The topological polar surface area (TPSA) is 878 Å². The number of likely N-dealkylation sites (tertiary alicyclic amines) is 1. The number of phenols is 1. The van der Waals surface area contributed by atoms with Crippen LogP contribution in [-0.2, 0) is 109 Å². The van der Waals surface area contributed by atoms with Crippen molar-refractivity contribution in [1.82, 2.24) is 111 Å².